The number of hydrogen-bond acceptors (Lipinski definition) is 4. The van der Waals surface area contributed by atoms with Gasteiger partial charge in [0.1, 0.15) is 0 Å². The Morgan fingerprint density at radius 1 is 1.27 bits per heavy atom. The van der Waals surface area contributed by atoms with Crippen molar-refractivity contribution in [2.75, 3.05) is 13.7 Å². The van der Waals surface area contributed by atoms with Crippen LogP contribution in [0.5, 0.6) is 0 Å². The van der Waals surface area contributed by atoms with Gasteiger partial charge in [0.05, 0.1) is 12.8 Å². The number of likely N-dealkylation sites (N-methyl/N-ethyl adjacent to an activating group) is 1. The lowest BCUT2D eigenvalue weighted by Crippen LogP contribution is -2.43. The molecule has 2 aromatic heterocycles. The van der Waals surface area contributed by atoms with Crippen molar-refractivity contribution in [3.05, 3.63) is 24.0 Å². The quantitative estimate of drug-likeness (QED) is 0.923. The molecule has 0 bridgehead atoms. The van der Waals surface area contributed by atoms with Gasteiger partial charge in [-0.15, -0.1) is 0 Å². The van der Waals surface area contributed by atoms with E-state index < -0.39 is 0 Å². The number of aliphatic hydroxyl groups excluding tert-OH is 1. The third kappa shape index (κ3) is 3.47. The predicted molar refractivity (Wildman–Crippen MR) is 89.7 cm³/mol. The number of nitrogens with zero attached hydrogens (tertiary/aromatic N) is 4. The lowest BCUT2D eigenvalue weighted by molar-refractivity contribution is 0.0614. The van der Waals surface area contributed by atoms with E-state index in [4.69, 9.17) is 0 Å². The van der Waals surface area contributed by atoms with E-state index in [0.29, 0.717) is 6.04 Å². The highest BCUT2D eigenvalue weighted by Crippen LogP contribution is 2.25. The van der Waals surface area contributed by atoms with Crippen LogP contribution in [0.3, 0.4) is 0 Å². The highest BCUT2D eigenvalue weighted by atomic mass is 16.3. The van der Waals surface area contributed by atoms with Gasteiger partial charge in [0.25, 0.3) is 0 Å². The molecule has 22 heavy (non-hydrogen) atoms. The van der Waals surface area contributed by atoms with Crippen molar-refractivity contribution in [1.82, 2.24) is 19.7 Å². The molecule has 1 unspecified atom stereocenters. The van der Waals surface area contributed by atoms with Crippen LogP contribution < -0.4 is 0 Å². The second-order valence-corrected chi connectivity index (χ2v) is 7.42. The van der Waals surface area contributed by atoms with Crippen molar-refractivity contribution in [3.8, 4) is 0 Å². The Morgan fingerprint density at radius 2 is 1.95 bits per heavy atom. The van der Waals surface area contributed by atoms with E-state index in [0.717, 1.165) is 23.1 Å². The molecule has 0 aliphatic heterocycles. The second-order valence-electron chi connectivity index (χ2n) is 7.42. The van der Waals surface area contributed by atoms with E-state index in [1.165, 1.54) is 0 Å². The van der Waals surface area contributed by atoms with Gasteiger partial charge in [-0.3, -0.25) is 4.90 Å². The summed E-state index contributed by atoms with van der Waals surface area (Å²) in [6, 6.07) is 2.56. The molecule has 0 saturated carbocycles. The van der Waals surface area contributed by atoms with Crippen LogP contribution in [0.15, 0.2) is 18.5 Å². The van der Waals surface area contributed by atoms with Crippen LogP contribution in [0.4, 0.5) is 0 Å². The topological polar surface area (TPSA) is 54.2 Å². The first-order chi connectivity index (χ1) is 10.2. The van der Waals surface area contributed by atoms with Crippen molar-refractivity contribution < 1.29 is 5.11 Å². The number of aliphatic hydroxyl groups is 1. The Kier molecular flexibility index (Phi) is 4.87. The summed E-state index contributed by atoms with van der Waals surface area (Å²) in [6.07, 6.45) is 3.79. The smallest absolute Gasteiger partial charge is 0.157 e. The van der Waals surface area contributed by atoms with Crippen LogP contribution in [-0.2, 0) is 6.54 Å². The lowest BCUT2D eigenvalue weighted by atomic mass is 9.86. The summed E-state index contributed by atoms with van der Waals surface area (Å²) in [4.78, 5) is 6.76. The molecule has 0 aliphatic carbocycles. The normalized spacial score (nSPS) is 14.2. The Bertz CT molecular complexity index is 627. The monoisotopic (exact) mass is 304 g/mol. The maximum absolute atomic E-state index is 9.68. The Labute approximate surface area is 133 Å². The fraction of sp³-hybridized carbons (Fsp3) is 0.647. The molecule has 1 atom stereocenters. The second kappa shape index (κ2) is 6.34. The zero-order valence-corrected chi connectivity index (χ0v) is 14.5. The van der Waals surface area contributed by atoms with E-state index in [1.54, 1.807) is 0 Å². The van der Waals surface area contributed by atoms with Crippen LogP contribution in [0, 0.1) is 5.41 Å². The van der Waals surface area contributed by atoms with Crippen molar-refractivity contribution in [3.63, 3.8) is 0 Å². The first kappa shape index (κ1) is 16.9. The highest BCUT2D eigenvalue weighted by Gasteiger charge is 2.27. The van der Waals surface area contributed by atoms with Crippen molar-refractivity contribution >= 4 is 11.0 Å². The molecule has 0 spiro atoms. The number of fused-ring (bicyclic) bond motifs is 1. The van der Waals surface area contributed by atoms with Crippen molar-refractivity contribution in [1.29, 1.82) is 0 Å². The maximum atomic E-state index is 9.68. The molecule has 0 aromatic carbocycles. The summed E-state index contributed by atoms with van der Waals surface area (Å²) in [5.41, 5.74) is 2.10. The van der Waals surface area contributed by atoms with E-state index in [2.05, 4.69) is 55.7 Å². The number of hydrogen-bond donors (Lipinski definition) is 1. The van der Waals surface area contributed by atoms with E-state index >= 15 is 0 Å². The molecule has 0 saturated heterocycles. The zero-order valence-electron chi connectivity index (χ0n) is 14.5. The Balaban J connectivity index is 2.21. The largest absolute Gasteiger partial charge is 0.395 e. The number of pyridine rings is 1. The third-order valence-corrected chi connectivity index (χ3v) is 4.12. The van der Waals surface area contributed by atoms with Crippen molar-refractivity contribution in [2.45, 2.75) is 53.2 Å². The van der Waals surface area contributed by atoms with Gasteiger partial charge in [-0.05, 0) is 37.9 Å². The van der Waals surface area contributed by atoms with Gasteiger partial charge in [-0.2, -0.15) is 5.10 Å². The SMILES string of the molecule is CC(C)n1ncc2cc(CN(C)C(CO)C(C)(C)C)cnc21. The van der Waals surface area contributed by atoms with Crippen LogP contribution in [0.25, 0.3) is 11.0 Å². The lowest BCUT2D eigenvalue weighted by Gasteiger charge is -2.36. The molecule has 5 nitrogen and oxygen atoms in total. The predicted octanol–water partition coefficient (Wildman–Crippen LogP) is 2.85. The van der Waals surface area contributed by atoms with E-state index in [9.17, 15) is 5.11 Å². The summed E-state index contributed by atoms with van der Waals surface area (Å²) in [5.74, 6) is 0. The summed E-state index contributed by atoms with van der Waals surface area (Å²) < 4.78 is 1.94. The summed E-state index contributed by atoms with van der Waals surface area (Å²) >= 11 is 0. The van der Waals surface area contributed by atoms with E-state index in [1.807, 2.05) is 24.1 Å². The van der Waals surface area contributed by atoms with E-state index in [-0.39, 0.29) is 18.1 Å². The third-order valence-electron chi connectivity index (χ3n) is 4.12. The molecule has 2 rings (SSSR count). The molecule has 2 heterocycles. The summed E-state index contributed by atoms with van der Waals surface area (Å²) in [7, 11) is 2.05. The van der Waals surface area contributed by atoms with Gasteiger partial charge in [0.15, 0.2) is 5.65 Å². The molecule has 2 aromatic rings. The average Bonchev–Trinajstić information content (AvgIpc) is 2.80. The fourth-order valence-electron chi connectivity index (χ4n) is 2.92. The van der Waals surface area contributed by atoms with Gasteiger partial charge in [-0.1, -0.05) is 20.8 Å². The zero-order chi connectivity index (χ0) is 16.5. The molecule has 0 fully saturated rings. The molecule has 5 heteroatoms. The fourth-order valence-corrected chi connectivity index (χ4v) is 2.92. The van der Waals surface area contributed by atoms with Gasteiger partial charge in [-0.25, -0.2) is 9.67 Å². The molecular weight excluding hydrogens is 276 g/mol. The van der Waals surface area contributed by atoms with Crippen LogP contribution >= 0.6 is 0 Å². The molecular formula is C17H28N4O. The minimum absolute atomic E-state index is 0.0313. The minimum atomic E-state index is 0.0313. The van der Waals surface area contributed by atoms with Crippen LogP contribution in [-0.4, -0.2) is 44.5 Å². The van der Waals surface area contributed by atoms with Crippen LogP contribution in [0.2, 0.25) is 0 Å². The summed E-state index contributed by atoms with van der Waals surface area (Å²) in [6.45, 7) is 11.6. The van der Waals surface area contributed by atoms with Gasteiger partial charge >= 0.3 is 0 Å². The van der Waals surface area contributed by atoms with Gasteiger partial charge < -0.3 is 5.11 Å². The van der Waals surface area contributed by atoms with Gasteiger partial charge in [0.2, 0.25) is 0 Å². The number of rotatable bonds is 5. The first-order valence-electron chi connectivity index (χ1n) is 7.87. The molecule has 0 radical (unpaired) electrons. The van der Waals surface area contributed by atoms with Crippen LogP contribution in [0.1, 0.15) is 46.2 Å². The minimum Gasteiger partial charge on any atom is -0.395 e. The standard InChI is InChI=1S/C17H28N4O/c1-12(2)21-16-14(9-19-21)7-13(8-18-16)10-20(6)15(11-22)17(3,4)5/h7-9,12,15,22H,10-11H2,1-6H3. The molecule has 1 N–H and O–H groups in total. The van der Waals surface area contributed by atoms with Gasteiger partial charge in [0, 0.05) is 30.2 Å². The molecule has 0 amide bonds. The Hall–Kier alpha value is -1.46. The van der Waals surface area contributed by atoms with Crippen molar-refractivity contribution in [2.24, 2.45) is 5.41 Å². The Morgan fingerprint density at radius 3 is 2.50 bits per heavy atom. The highest BCUT2D eigenvalue weighted by molar-refractivity contribution is 5.75. The maximum Gasteiger partial charge on any atom is 0.157 e. The summed E-state index contributed by atoms with van der Waals surface area (Å²) in [5, 5.41) is 15.1. The number of aromatic nitrogens is 3. The first-order valence-corrected chi connectivity index (χ1v) is 7.87. The molecule has 0 aliphatic rings. The molecule has 122 valence electrons. The average molecular weight is 304 g/mol.